The summed E-state index contributed by atoms with van der Waals surface area (Å²) in [5.74, 6) is 0.225. The van der Waals surface area contributed by atoms with Gasteiger partial charge in [-0.05, 0) is 42.7 Å². The van der Waals surface area contributed by atoms with E-state index in [9.17, 15) is 10.1 Å². The highest BCUT2D eigenvalue weighted by molar-refractivity contribution is 6.02. The zero-order valence-corrected chi connectivity index (χ0v) is 18.5. The minimum atomic E-state index is -0.398. The molecule has 4 aromatic rings. The number of rotatable bonds is 8. The molecule has 0 aliphatic heterocycles. The van der Waals surface area contributed by atoms with Crippen LogP contribution in [0.15, 0.2) is 84.6 Å². The van der Waals surface area contributed by atoms with Gasteiger partial charge in [0.05, 0.1) is 0 Å². The molecular formula is C28H25N3O2. The smallest absolute Gasteiger partial charge is 0.261 e. The number of aromatic amines is 1. The molecule has 4 rings (SSSR count). The van der Waals surface area contributed by atoms with Crippen LogP contribution in [0.4, 0.5) is 0 Å². The molecule has 0 aliphatic carbocycles. The van der Waals surface area contributed by atoms with Crippen LogP contribution in [-0.2, 0) is 17.8 Å². The molecule has 0 atom stereocenters. The number of benzene rings is 3. The van der Waals surface area contributed by atoms with Gasteiger partial charge in [0.1, 0.15) is 24.0 Å². The summed E-state index contributed by atoms with van der Waals surface area (Å²) in [5.41, 5.74) is 5.17. The molecule has 2 N–H and O–H groups in total. The van der Waals surface area contributed by atoms with Crippen molar-refractivity contribution in [1.82, 2.24) is 10.3 Å². The Bertz CT molecular complexity index is 1330. The number of ether oxygens (including phenoxy) is 1. The van der Waals surface area contributed by atoms with Crippen LogP contribution in [0.5, 0.6) is 5.75 Å². The number of carbonyl (C=O) groups is 1. The van der Waals surface area contributed by atoms with E-state index in [1.807, 2.05) is 85.9 Å². The summed E-state index contributed by atoms with van der Waals surface area (Å²) < 4.78 is 5.97. The van der Waals surface area contributed by atoms with Crippen molar-refractivity contribution in [2.24, 2.45) is 0 Å². The molecule has 0 unspecified atom stereocenters. The fourth-order valence-electron chi connectivity index (χ4n) is 3.63. The van der Waals surface area contributed by atoms with Crippen LogP contribution in [-0.4, -0.2) is 17.4 Å². The Kier molecular flexibility index (Phi) is 6.87. The topological polar surface area (TPSA) is 77.9 Å². The summed E-state index contributed by atoms with van der Waals surface area (Å²) in [7, 11) is 0. The van der Waals surface area contributed by atoms with Crippen LogP contribution in [0.25, 0.3) is 17.0 Å². The Labute approximate surface area is 193 Å². The number of H-pyrrole nitrogens is 1. The molecular weight excluding hydrogens is 410 g/mol. The minimum absolute atomic E-state index is 0.0420. The Morgan fingerprint density at radius 1 is 1.06 bits per heavy atom. The molecule has 3 aromatic carbocycles. The summed E-state index contributed by atoms with van der Waals surface area (Å²) in [6.07, 6.45) is 4.20. The lowest BCUT2D eigenvalue weighted by Gasteiger charge is -2.10. The summed E-state index contributed by atoms with van der Waals surface area (Å²) in [5, 5.41) is 13.6. The van der Waals surface area contributed by atoms with Gasteiger partial charge >= 0.3 is 0 Å². The standard InChI is InChI=1S/C28H25N3O2/c1-20-10-12-21(13-11-20)19-33-27-9-5-2-6-22(27)16-24(17-29)28(32)30-15-14-23-18-31-26-8-4-3-7-25(23)26/h2-13,16,18,31H,14-15,19H2,1H3,(H,30,32)/b24-16+. The van der Waals surface area contributed by atoms with Crippen LogP contribution in [0.1, 0.15) is 22.3 Å². The van der Waals surface area contributed by atoms with Crippen LogP contribution in [0, 0.1) is 18.3 Å². The molecule has 0 spiro atoms. The van der Waals surface area contributed by atoms with E-state index < -0.39 is 5.91 Å². The van der Waals surface area contributed by atoms with E-state index in [1.165, 1.54) is 5.56 Å². The highest BCUT2D eigenvalue weighted by atomic mass is 16.5. The van der Waals surface area contributed by atoms with Gasteiger partial charge in [0, 0.05) is 29.2 Å². The Hall–Kier alpha value is -4.30. The molecule has 1 aromatic heterocycles. The van der Waals surface area contributed by atoms with E-state index >= 15 is 0 Å². The third-order valence-corrected chi connectivity index (χ3v) is 5.45. The van der Waals surface area contributed by atoms with Gasteiger partial charge in [-0.15, -0.1) is 0 Å². The van der Waals surface area contributed by atoms with E-state index in [2.05, 4.69) is 16.4 Å². The Balaban J connectivity index is 1.40. The summed E-state index contributed by atoms with van der Waals surface area (Å²) in [6, 6.07) is 25.6. The van der Waals surface area contributed by atoms with Crippen molar-refractivity contribution in [2.75, 3.05) is 6.54 Å². The maximum absolute atomic E-state index is 12.6. The number of aryl methyl sites for hydroxylation is 1. The highest BCUT2D eigenvalue weighted by Gasteiger charge is 2.11. The SMILES string of the molecule is Cc1ccc(COc2ccccc2/C=C(\C#N)C(=O)NCCc2c[nH]c3ccccc23)cc1. The molecule has 0 saturated heterocycles. The van der Waals surface area contributed by atoms with Gasteiger partial charge in [0.15, 0.2) is 0 Å². The number of nitrogens with one attached hydrogen (secondary N) is 2. The second-order valence-corrected chi connectivity index (χ2v) is 7.85. The van der Waals surface area contributed by atoms with E-state index in [0.29, 0.717) is 30.9 Å². The number of hydrogen-bond donors (Lipinski definition) is 2. The molecule has 33 heavy (non-hydrogen) atoms. The zero-order chi connectivity index (χ0) is 23.0. The molecule has 0 aliphatic rings. The molecule has 0 saturated carbocycles. The third-order valence-electron chi connectivity index (χ3n) is 5.45. The Morgan fingerprint density at radius 2 is 1.82 bits per heavy atom. The normalized spacial score (nSPS) is 11.2. The molecule has 0 fully saturated rings. The molecule has 1 heterocycles. The third kappa shape index (κ3) is 5.50. The fourth-order valence-corrected chi connectivity index (χ4v) is 3.63. The van der Waals surface area contributed by atoms with Crippen molar-refractivity contribution in [2.45, 2.75) is 20.0 Å². The minimum Gasteiger partial charge on any atom is -0.488 e. The monoisotopic (exact) mass is 435 g/mol. The number of para-hydroxylation sites is 2. The first kappa shape index (κ1) is 21.9. The van der Waals surface area contributed by atoms with Crippen molar-refractivity contribution in [1.29, 1.82) is 5.26 Å². The van der Waals surface area contributed by atoms with Gasteiger partial charge in [0.25, 0.3) is 5.91 Å². The average molecular weight is 436 g/mol. The number of hydrogen-bond acceptors (Lipinski definition) is 3. The summed E-state index contributed by atoms with van der Waals surface area (Å²) >= 11 is 0. The van der Waals surface area contributed by atoms with E-state index in [1.54, 1.807) is 6.08 Å². The lowest BCUT2D eigenvalue weighted by atomic mass is 10.1. The molecule has 1 amide bonds. The van der Waals surface area contributed by atoms with Crippen molar-refractivity contribution < 1.29 is 9.53 Å². The van der Waals surface area contributed by atoms with Gasteiger partial charge in [-0.25, -0.2) is 0 Å². The molecule has 0 radical (unpaired) electrons. The average Bonchev–Trinajstić information content (AvgIpc) is 3.26. The number of nitrogens with zero attached hydrogens (tertiary/aromatic N) is 1. The van der Waals surface area contributed by atoms with E-state index in [-0.39, 0.29) is 5.57 Å². The molecule has 0 bridgehead atoms. The number of carbonyl (C=O) groups excluding carboxylic acids is 1. The van der Waals surface area contributed by atoms with E-state index in [4.69, 9.17) is 4.74 Å². The van der Waals surface area contributed by atoms with Crippen LogP contribution in [0.2, 0.25) is 0 Å². The first-order valence-electron chi connectivity index (χ1n) is 10.9. The van der Waals surface area contributed by atoms with Gasteiger partial charge < -0.3 is 15.0 Å². The van der Waals surface area contributed by atoms with Crippen molar-refractivity contribution >= 4 is 22.9 Å². The predicted octanol–water partition coefficient (Wildman–Crippen LogP) is 5.32. The number of nitriles is 1. The van der Waals surface area contributed by atoms with Crippen molar-refractivity contribution in [3.63, 3.8) is 0 Å². The van der Waals surface area contributed by atoms with Crippen molar-refractivity contribution in [3.8, 4) is 11.8 Å². The molecule has 164 valence electrons. The van der Waals surface area contributed by atoms with Crippen LogP contribution in [0.3, 0.4) is 0 Å². The maximum Gasteiger partial charge on any atom is 0.261 e. The maximum atomic E-state index is 12.6. The first-order valence-corrected chi connectivity index (χ1v) is 10.9. The van der Waals surface area contributed by atoms with Crippen LogP contribution >= 0.6 is 0 Å². The van der Waals surface area contributed by atoms with Crippen LogP contribution < -0.4 is 10.1 Å². The lowest BCUT2D eigenvalue weighted by Crippen LogP contribution is -2.26. The second-order valence-electron chi connectivity index (χ2n) is 7.85. The van der Waals surface area contributed by atoms with Gasteiger partial charge in [-0.2, -0.15) is 5.26 Å². The Morgan fingerprint density at radius 3 is 2.64 bits per heavy atom. The second kappa shape index (κ2) is 10.3. The number of amides is 1. The molecule has 5 nitrogen and oxygen atoms in total. The van der Waals surface area contributed by atoms with Gasteiger partial charge in [-0.3, -0.25) is 4.79 Å². The number of fused-ring (bicyclic) bond motifs is 1. The van der Waals surface area contributed by atoms with Gasteiger partial charge in [-0.1, -0.05) is 66.2 Å². The van der Waals surface area contributed by atoms with Crippen molar-refractivity contribution in [3.05, 3.63) is 107 Å². The van der Waals surface area contributed by atoms with E-state index in [0.717, 1.165) is 22.0 Å². The summed E-state index contributed by atoms with van der Waals surface area (Å²) in [4.78, 5) is 15.9. The largest absolute Gasteiger partial charge is 0.488 e. The highest BCUT2D eigenvalue weighted by Crippen LogP contribution is 2.22. The fraction of sp³-hybridized carbons (Fsp3) is 0.143. The number of aromatic nitrogens is 1. The molecule has 5 heteroatoms. The predicted molar refractivity (Wildman–Crippen MR) is 131 cm³/mol. The van der Waals surface area contributed by atoms with Gasteiger partial charge in [0.2, 0.25) is 0 Å². The lowest BCUT2D eigenvalue weighted by molar-refractivity contribution is -0.117. The zero-order valence-electron chi connectivity index (χ0n) is 18.5. The quantitative estimate of drug-likeness (QED) is 0.290. The first-order chi connectivity index (χ1) is 16.1. The summed E-state index contributed by atoms with van der Waals surface area (Å²) in [6.45, 7) is 2.88.